The third-order valence-corrected chi connectivity index (χ3v) is 3.85. The Hall–Kier alpha value is -1.75. The number of fused-ring (bicyclic) bond motifs is 1. The molecule has 1 aliphatic heterocycles. The fraction of sp³-hybridized carbons (Fsp3) is 0.231. The summed E-state index contributed by atoms with van der Waals surface area (Å²) in [6.45, 7) is 3.23. The number of aryl methyl sites for hydroxylation is 1. The van der Waals surface area contributed by atoms with Gasteiger partial charge in [0.1, 0.15) is 11.7 Å². The monoisotopic (exact) mass is 261 g/mol. The summed E-state index contributed by atoms with van der Waals surface area (Å²) in [4.78, 5) is 6.31. The average Bonchev–Trinajstić information content (AvgIpc) is 2.86. The second-order valence-electron chi connectivity index (χ2n) is 4.36. The predicted octanol–water partition coefficient (Wildman–Crippen LogP) is 2.93. The number of aromatic nitrogens is 1. The van der Waals surface area contributed by atoms with Crippen molar-refractivity contribution in [3.8, 4) is 0 Å². The van der Waals surface area contributed by atoms with Crippen molar-refractivity contribution >= 4 is 17.2 Å². The molecule has 0 atom stereocenters. The molecule has 1 aliphatic rings. The van der Waals surface area contributed by atoms with Gasteiger partial charge in [0.15, 0.2) is 0 Å². The average molecular weight is 261 g/mol. The van der Waals surface area contributed by atoms with Crippen LogP contribution in [-0.2, 0) is 13.1 Å². The number of amidine groups is 1. The Morgan fingerprint density at radius 3 is 3.06 bits per heavy atom. The zero-order valence-electron chi connectivity index (χ0n) is 9.90. The van der Waals surface area contributed by atoms with E-state index >= 15 is 0 Å². The minimum absolute atomic E-state index is 0.287. The van der Waals surface area contributed by atoms with Gasteiger partial charge in [-0.15, -0.1) is 11.3 Å². The van der Waals surface area contributed by atoms with Gasteiger partial charge in [-0.25, -0.2) is 9.37 Å². The van der Waals surface area contributed by atoms with E-state index in [2.05, 4.69) is 4.98 Å². The molecular weight excluding hydrogens is 249 g/mol. The maximum atomic E-state index is 13.2. The molecule has 2 heterocycles. The van der Waals surface area contributed by atoms with Crippen LogP contribution in [0.2, 0.25) is 0 Å². The van der Waals surface area contributed by atoms with Gasteiger partial charge in [0, 0.05) is 17.5 Å². The van der Waals surface area contributed by atoms with E-state index in [0.29, 0.717) is 24.5 Å². The SMILES string of the molecule is Cc1nc(CN2Cc3ccc(F)cc3C2=N)cs1. The molecule has 0 bridgehead atoms. The molecule has 5 heteroatoms. The molecule has 0 spiro atoms. The van der Waals surface area contributed by atoms with Crippen LogP contribution in [0.1, 0.15) is 21.8 Å². The third-order valence-electron chi connectivity index (χ3n) is 3.02. The van der Waals surface area contributed by atoms with Gasteiger partial charge < -0.3 is 4.90 Å². The number of rotatable bonds is 2. The molecule has 1 N–H and O–H groups in total. The van der Waals surface area contributed by atoms with E-state index in [-0.39, 0.29) is 5.82 Å². The molecule has 0 radical (unpaired) electrons. The van der Waals surface area contributed by atoms with Crippen molar-refractivity contribution < 1.29 is 4.39 Å². The third kappa shape index (κ3) is 1.90. The van der Waals surface area contributed by atoms with Crippen LogP contribution in [0.4, 0.5) is 4.39 Å². The standard InChI is InChI=1S/C13H12FN3S/c1-8-16-11(7-18-8)6-17-5-9-2-3-10(14)4-12(9)13(17)15/h2-4,7,15H,5-6H2,1H3. The van der Waals surface area contributed by atoms with Crippen molar-refractivity contribution in [3.63, 3.8) is 0 Å². The summed E-state index contributed by atoms with van der Waals surface area (Å²) in [5.74, 6) is 0.0972. The van der Waals surface area contributed by atoms with Crippen molar-refractivity contribution in [1.29, 1.82) is 5.41 Å². The quantitative estimate of drug-likeness (QED) is 0.903. The zero-order chi connectivity index (χ0) is 12.7. The highest BCUT2D eigenvalue weighted by Gasteiger charge is 2.24. The Balaban J connectivity index is 1.84. The fourth-order valence-electron chi connectivity index (χ4n) is 2.17. The summed E-state index contributed by atoms with van der Waals surface area (Å²) in [6.07, 6.45) is 0. The number of hydrogen-bond acceptors (Lipinski definition) is 3. The minimum atomic E-state index is -0.287. The summed E-state index contributed by atoms with van der Waals surface area (Å²) >= 11 is 1.61. The second kappa shape index (κ2) is 4.17. The fourth-order valence-corrected chi connectivity index (χ4v) is 2.78. The largest absolute Gasteiger partial charge is 0.346 e. The Bertz CT molecular complexity index is 620. The first-order valence-electron chi connectivity index (χ1n) is 5.67. The van der Waals surface area contributed by atoms with E-state index in [1.807, 2.05) is 17.2 Å². The highest BCUT2D eigenvalue weighted by atomic mass is 32.1. The van der Waals surface area contributed by atoms with Gasteiger partial charge >= 0.3 is 0 Å². The Labute approximate surface area is 108 Å². The highest BCUT2D eigenvalue weighted by Crippen LogP contribution is 2.25. The van der Waals surface area contributed by atoms with Crippen LogP contribution in [0.5, 0.6) is 0 Å². The van der Waals surface area contributed by atoms with Gasteiger partial charge in [-0.1, -0.05) is 6.07 Å². The summed E-state index contributed by atoms with van der Waals surface area (Å²) < 4.78 is 13.2. The molecule has 1 aromatic heterocycles. The Morgan fingerprint density at radius 2 is 2.33 bits per heavy atom. The maximum Gasteiger partial charge on any atom is 0.129 e. The van der Waals surface area contributed by atoms with Crippen molar-refractivity contribution in [2.45, 2.75) is 20.0 Å². The lowest BCUT2D eigenvalue weighted by atomic mass is 10.1. The summed E-state index contributed by atoms with van der Waals surface area (Å²) in [7, 11) is 0. The van der Waals surface area contributed by atoms with Crippen molar-refractivity contribution in [3.05, 3.63) is 51.2 Å². The minimum Gasteiger partial charge on any atom is -0.346 e. The van der Waals surface area contributed by atoms with Crippen LogP contribution in [0, 0.1) is 18.2 Å². The molecule has 0 saturated carbocycles. The van der Waals surface area contributed by atoms with E-state index in [0.717, 1.165) is 16.3 Å². The normalized spacial score (nSPS) is 14.1. The smallest absolute Gasteiger partial charge is 0.129 e. The summed E-state index contributed by atoms with van der Waals surface area (Å²) in [5.41, 5.74) is 2.67. The van der Waals surface area contributed by atoms with Gasteiger partial charge in [-0.2, -0.15) is 0 Å². The molecule has 3 nitrogen and oxygen atoms in total. The van der Waals surface area contributed by atoms with E-state index in [4.69, 9.17) is 5.41 Å². The van der Waals surface area contributed by atoms with E-state index in [9.17, 15) is 4.39 Å². The van der Waals surface area contributed by atoms with Crippen LogP contribution < -0.4 is 0 Å². The molecule has 92 valence electrons. The summed E-state index contributed by atoms with van der Waals surface area (Å²) in [5, 5.41) is 11.1. The number of nitrogens with one attached hydrogen (secondary N) is 1. The molecule has 2 aromatic rings. The topological polar surface area (TPSA) is 40.0 Å². The highest BCUT2D eigenvalue weighted by molar-refractivity contribution is 7.09. The van der Waals surface area contributed by atoms with Crippen LogP contribution in [-0.4, -0.2) is 15.7 Å². The molecule has 0 amide bonds. The van der Waals surface area contributed by atoms with Crippen LogP contribution in [0.3, 0.4) is 0 Å². The predicted molar refractivity (Wildman–Crippen MR) is 69.3 cm³/mol. The number of halogens is 1. The van der Waals surface area contributed by atoms with Crippen LogP contribution >= 0.6 is 11.3 Å². The molecule has 0 fully saturated rings. The molecule has 1 aromatic carbocycles. The lowest BCUT2D eigenvalue weighted by molar-refractivity contribution is 0.417. The first-order valence-corrected chi connectivity index (χ1v) is 6.55. The molecule has 0 saturated heterocycles. The van der Waals surface area contributed by atoms with Gasteiger partial charge in [0.2, 0.25) is 0 Å². The van der Waals surface area contributed by atoms with Gasteiger partial charge in [0.05, 0.1) is 17.2 Å². The zero-order valence-corrected chi connectivity index (χ0v) is 10.7. The first kappa shape index (κ1) is 11.3. The molecule has 18 heavy (non-hydrogen) atoms. The molecular formula is C13H12FN3S. The number of benzene rings is 1. The maximum absolute atomic E-state index is 13.2. The molecule has 3 rings (SSSR count). The number of hydrogen-bond donors (Lipinski definition) is 1. The molecule has 0 aliphatic carbocycles. The molecule has 0 unspecified atom stereocenters. The first-order chi connectivity index (χ1) is 8.63. The van der Waals surface area contributed by atoms with Crippen LogP contribution in [0.25, 0.3) is 0 Å². The van der Waals surface area contributed by atoms with E-state index in [1.54, 1.807) is 17.4 Å². The second-order valence-corrected chi connectivity index (χ2v) is 5.43. The Kier molecular flexibility index (Phi) is 2.63. The van der Waals surface area contributed by atoms with E-state index < -0.39 is 0 Å². The van der Waals surface area contributed by atoms with Gasteiger partial charge in [-0.05, 0) is 24.6 Å². The number of thiazole rings is 1. The number of nitrogens with zero attached hydrogens (tertiary/aromatic N) is 2. The van der Waals surface area contributed by atoms with Crippen molar-refractivity contribution in [1.82, 2.24) is 9.88 Å². The van der Waals surface area contributed by atoms with E-state index in [1.165, 1.54) is 12.1 Å². The lowest BCUT2D eigenvalue weighted by Gasteiger charge is -2.16. The van der Waals surface area contributed by atoms with Crippen molar-refractivity contribution in [2.75, 3.05) is 0 Å². The van der Waals surface area contributed by atoms with Crippen molar-refractivity contribution in [2.24, 2.45) is 0 Å². The summed E-state index contributed by atoms with van der Waals surface area (Å²) in [6, 6.07) is 4.64. The Morgan fingerprint density at radius 1 is 1.50 bits per heavy atom. The van der Waals surface area contributed by atoms with Gasteiger partial charge in [0.25, 0.3) is 0 Å². The lowest BCUT2D eigenvalue weighted by Crippen LogP contribution is -2.23. The van der Waals surface area contributed by atoms with Gasteiger partial charge in [-0.3, -0.25) is 5.41 Å². The van der Waals surface area contributed by atoms with Crippen LogP contribution in [0.15, 0.2) is 23.6 Å².